The monoisotopic (exact) mass is 179 g/mol. The third-order valence-corrected chi connectivity index (χ3v) is 2.75. The Morgan fingerprint density at radius 3 is 3.15 bits per heavy atom. The molecular formula is C11H14FN. The zero-order chi connectivity index (χ0) is 9.26. The minimum Gasteiger partial charge on any atom is -0.312 e. The van der Waals surface area contributed by atoms with Crippen LogP contribution in [0.15, 0.2) is 18.2 Å². The molecule has 0 aliphatic carbocycles. The summed E-state index contributed by atoms with van der Waals surface area (Å²) in [5, 5.41) is 3.30. The van der Waals surface area contributed by atoms with E-state index in [0.29, 0.717) is 5.92 Å². The molecule has 0 aromatic heterocycles. The first-order chi connectivity index (χ1) is 6.33. The molecule has 1 aromatic rings. The number of hydrogen-bond donors (Lipinski definition) is 1. The van der Waals surface area contributed by atoms with Gasteiger partial charge in [-0.05, 0) is 29.5 Å². The Bertz CT molecular complexity index is 309. The van der Waals surface area contributed by atoms with E-state index in [2.05, 4.69) is 12.2 Å². The van der Waals surface area contributed by atoms with Crippen molar-refractivity contribution in [2.45, 2.75) is 25.8 Å². The Labute approximate surface area is 78.0 Å². The minimum atomic E-state index is -0.0362. The first-order valence-electron chi connectivity index (χ1n) is 4.81. The quantitative estimate of drug-likeness (QED) is 0.698. The zero-order valence-corrected chi connectivity index (χ0v) is 7.81. The number of fused-ring (bicyclic) bond motifs is 1. The second-order valence-electron chi connectivity index (χ2n) is 3.55. The number of halogens is 1. The van der Waals surface area contributed by atoms with Crippen LogP contribution in [-0.4, -0.2) is 6.54 Å². The van der Waals surface area contributed by atoms with Gasteiger partial charge in [0.25, 0.3) is 0 Å². The van der Waals surface area contributed by atoms with Gasteiger partial charge in [0.05, 0.1) is 0 Å². The molecule has 70 valence electrons. The summed E-state index contributed by atoms with van der Waals surface area (Å²) in [6, 6.07) is 5.36. The van der Waals surface area contributed by atoms with Crippen LogP contribution in [0.2, 0.25) is 0 Å². The van der Waals surface area contributed by atoms with Crippen molar-refractivity contribution >= 4 is 0 Å². The molecule has 1 aliphatic heterocycles. The highest BCUT2D eigenvalue weighted by Gasteiger charge is 2.21. The number of rotatable bonds is 1. The SMILES string of the molecule is CCC1CNCc2cccc(F)c21. The third kappa shape index (κ3) is 1.46. The molecule has 1 aromatic carbocycles. The number of hydrogen-bond acceptors (Lipinski definition) is 1. The molecule has 13 heavy (non-hydrogen) atoms. The minimum absolute atomic E-state index is 0.0362. The van der Waals surface area contributed by atoms with E-state index in [1.807, 2.05) is 6.07 Å². The Hall–Kier alpha value is -0.890. The highest BCUT2D eigenvalue weighted by Crippen LogP contribution is 2.28. The van der Waals surface area contributed by atoms with Gasteiger partial charge in [-0.1, -0.05) is 19.1 Å². The summed E-state index contributed by atoms with van der Waals surface area (Å²) in [5.74, 6) is 0.316. The molecule has 0 saturated carbocycles. The van der Waals surface area contributed by atoms with Crippen LogP contribution in [-0.2, 0) is 6.54 Å². The molecule has 1 atom stereocenters. The molecule has 1 heterocycles. The average molecular weight is 179 g/mol. The molecule has 2 heteroatoms. The zero-order valence-electron chi connectivity index (χ0n) is 7.81. The lowest BCUT2D eigenvalue weighted by Crippen LogP contribution is -2.28. The van der Waals surface area contributed by atoms with Crippen LogP contribution in [0.25, 0.3) is 0 Å². The molecule has 1 unspecified atom stereocenters. The van der Waals surface area contributed by atoms with E-state index in [-0.39, 0.29) is 5.82 Å². The average Bonchev–Trinajstić information content (AvgIpc) is 2.17. The van der Waals surface area contributed by atoms with Gasteiger partial charge in [-0.3, -0.25) is 0 Å². The van der Waals surface area contributed by atoms with Crippen molar-refractivity contribution < 1.29 is 4.39 Å². The molecule has 0 fully saturated rings. The van der Waals surface area contributed by atoms with Crippen molar-refractivity contribution in [2.75, 3.05) is 6.54 Å². The van der Waals surface area contributed by atoms with Crippen molar-refractivity contribution in [2.24, 2.45) is 0 Å². The predicted molar refractivity (Wildman–Crippen MR) is 51.1 cm³/mol. The van der Waals surface area contributed by atoms with Gasteiger partial charge in [0.1, 0.15) is 5.82 Å². The molecule has 1 nitrogen and oxygen atoms in total. The van der Waals surface area contributed by atoms with Crippen LogP contribution < -0.4 is 5.32 Å². The van der Waals surface area contributed by atoms with Gasteiger partial charge in [-0.15, -0.1) is 0 Å². The summed E-state index contributed by atoms with van der Waals surface area (Å²) in [5.41, 5.74) is 2.06. The van der Waals surface area contributed by atoms with E-state index in [9.17, 15) is 4.39 Å². The van der Waals surface area contributed by atoms with E-state index in [0.717, 1.165) is 30.6 Å². The van der Waals surface area contributed by atoms with E-state index in [4.69, 9.17) is 0 Å². The molecule has 1 N–H and O–H groups in total. The Morgan fingerprint density at radius 2 is 2.38 bits per heavy atom. The van der Waals surface area contributed by atoms with Crippen LogP contribution in [0, 0.1) is 5.82 Å². The summed E-state index contributed by atoms with van der Waals surface area (Å²) >= 11 is 0. The molecule has 1 aliphatic rings. The highest BCUT2D eigenvalue weighted by atomic mass is 19.1. The normalized spacial score (nSPS) is 21.2. The number of nitrogens with one attached hydrogen (secondary N) is 1. The van der Waals surface area contributed by atoms with Gasteiger partial charge in [-0.25, -0.2) is 4.39 Å². The second kappa shape index (κ2) is 3.46. The first kappa shape index (κ1) is 8.70. The molecule has 0 amide bonds. The lowest BCUT2D eigenvalue weighted by atomic mass is 9.89. The van der Waals surface area contributed by atoms with Gasteiger partial charge in [0, 0.05) is 13.1 Å². The molecule has 0 spiro atoms. The second-order valence-corrected chi connectivity index (χ2v) is 3.55. The topological polar surface area (TPSA) is 12.0 Å². The van der Waals surface area contributed by atoms with E-state index >= 15 is 0 Å². The fourth-order valence-electron chi connectivity index (χ4n) is 2.02. The highest BCUT2D eigenvalue weighted by molar-refractivity contribution is 5.33. The van der Waals surface area contributed by atoms with Crippen LogP contribution in [0.4, 0.5) is 4.39 Å². The maximum atomic E-state index is 13.5. The molecule has 2 rings (SSSR count). The van der Waals surface area contributed by atoms with Crippen molar-refractivity contribution in [1.29, 1.82) is 0 Å². The lowest BCUT2D eigenvalue weighted by molar-refractivity contribution is 0.493. The van der Waals surface area contributed by atoms with Crippen LogP contribution >= 0.6 is 0 Å². The summed E-state index contributed by atoms with van der Waals surface area (Å²) < 4.78 is 13.5. The van der Waals surface area contributed by atoms with Gasteiger partial charge >= 0.3 is 0 Å². The smallest absolute Gasteiger partial charge is 0.127 e. The largest absolute Gasteiger partial charge is 0.312 e. The van der Waals surface area contributed by atoms with Gasteiger partial charge in [0.15, 0.2) is 0 Å². The lowest BCUT2D eigenvalue weighted by Gasteiger charge is -2.25. The maximum Gasteiger partial charge on any atom is 0.127 e. The summed E-state index contributed by atoms with van der Waals surface area (Å²) in [4.78, 5) is 0. The summed E-state index contributed by atoms with van der Waals surface area (Å²) in [6.45, 7) is 3.82. The Morgan fingerprint density at radius 1 is 1.54 bits per heavy atom. The summed E-state index contributed by atoms with van der Waals surface area (Å²) in [6.07, 6.45) is 1.00. The van der Waals surface area contributed by atoms with Gasteiger partial charge in [0.2, 0.25) is 0 Å². The van der Waals surface area contributed by atoms with Crippen LogP contribution in [0.5, 0.6) is 0 Å². The van der Waals surface area contributed by atoms with Crippen molar-refractivity contribution in [3.8, 4) is 0 Å². The van der Waals surface area contributed by atoms with Crippen molar-refractivity contribution in [3.63, 3.8) is 0 Å². The molecule has 0 radical (unpaired) electrons. The standard InChI is InChI=1S/C11H14FN/c1-2-8-6-13-7-9-4-3-5-10(12)11(8)9/h3-5,8,13H,2,6-7H2,1H3. The molecule has 0 saturated heterocycles. The fraction of sp³-hybridized carbons (Fsp3) is 0.455. The summed E-state index contributed by atoms with van der Waals surface area (Å²) in [7, 11) is 0. The Kier molecular flexibility index (Phi) is 2.32. The van der Waals surface area contributed by atoms with Gasteiger partial charge in [-0.2, -0.15) is 0 Å². The van der Waals surface area contributed by atoms with Crippen molar-refractivity contribution in [3.05, 3.63) is 35.1 Å². The third-order valence-electron chi connectivity index (χ3n) is 2.75. The van der Waals surface area contributed by atoms with E-state index in [1.54, 1.807) is 12.1 Å². The van der Waals surface area contributed by atoms with Gasteiger partial charge < -0.3 is 5.32 Å². The predicted octanol–water partition coefficient (Wildman–Crippen LogP) is 2.42. The van der Waals surface area contributed by atoms with Crippen molar-refractivity contribution in [1.82, 2.24) is 5.32 Å². The fourth-order valence-corrected chi connectivity index (χ4v) is 2.02. The van der Waals surface area contributed by atoms with Crippen LogP contribution in [0.3, 0.4) is 0 Å². The Balaban J connectivity index is 2.47. The maximum absolute atomic E-state index is 13.5. The van der Waals surface area contributed by atoms with E-state index < -0.39 is 0 Å². The van der Waals surface area contributed by atoms with E-state index in [1.165, 1.54) is 0 Å². The molecule has 0 bridgehead atoms. The number of benzene rings is 1. The first-order valence-corrected chi connectivity index (χ1v) is 4.81. The van der Waals surface area contributed by atoms with Crippen LogP contribution in [0.1, 0.15) is 30.4 Å². The molecular weight excluding hydrogens is 165 g/mol.